The second kappa shape index (κ2) is 5.23. The van der Waals surface area contributed by atoms with Crippen molar-refractivity contribution in [2.24, 2.45) is 0 Å². The minimum absolute atomic E-state index is 0.0402. The van der Waals surface area contributed by atoms with Gasteiger partial charge < -0.3 is 0 Å². The molecule has 0 heterocycles. The van der Waals surface area contributed by atoms with E-state index in [1.807, 2.05) is 0 Å². The summed E-state index contributed by atoms with van der Waals surface area (Å²) in [5.41, 5.74) is 0. The van der Waals surface area contributed by atoms with Crippen molar-refractivity contribution < 1.29 is 9.59 Å². The van der Waals surface area contributed by atoms with E-state index in [0.29, 0.717) is 5.75 Å². The van der Waals surface area contributed by atoms with Crippen LogP contribution in [0.1, 0.15) is 13.3 Å². The molecule has 10 heavy (non-hydrogen) atoms. The molecule has 0 amide bonds. The number of hydrogen-bond donors (Lipinski definition) is 0. The van der Waals surface area contributed by atoms with Crippen molar-refractivity contribution in [3.05, 3.63) is 12.7 Å². The molecule has 0 radical (unpaired) electrons. The van der Waals surface area contributed by atoms with Crippen LogP contribution in [0.25, 0.3) is 0 Å². The van der Waals surface area contributed by atoms with E-state index in [1.165, 1.54) is 6.92 Å². The molecule has 0 spiro atoms. The second-order valence-electron chi connectivity index (χ2n) is 1.85. The van der Waals surface area contributed by atoms with Crippen LogP contribution in [-0.2, 0) is 9.59 Å². The molecule has 3 heteroatoms. The average molecular weight is 158 g/mol. The fourth-order valence-corrected chi connectivity index (χ4v) is 1.02. The highest BCUT2D eigenvalue weighted by Crippen LogP contribution is 2.04. The second-order valence-corrected chi connectivity index (χ2v) is 2.93. The van der Waals surface area contributed by atoms with Crippen molar-refractivity contribution in [2.75, 3.05) is 5.75 Å². The molecular formula is C7H10O2S. The summed E-state index contributed by atoms with van der Waals surface area (Å²) in [5, 5.41) is -0.0765. The molecule has 0 N–H and O–H groups in total. The van der Waals surface area contributed by atoms with Crippen LogP contribution in [0.2, 0.25) is 0 Å². The number of carbonyl (C=O) groups is 2. The van der Waals surface area contributed by atoms with Crippen molar-refractivity contribution in [3.8, 4) is 0 Å². The fraction of sp³-hybridized carbons (Fsp3) is 0.429. The van der Waals surface area contributed by atoms with Gasteiger partial charge >= 0.3 is 0 Å². The summed E-state index contributed by atoms with van der Waals surface area (Å²) in [7, 11) is 0. The Kier molecular flexibility index (Phi) is 4.94. The zero-order valence-electron chi connectivity index (χ0n) is 5.92. The van der Waals surface area contributed by atoms with Gasteiger partial charge in [0.2, 0.25) is 0 Å². The smallest absolute Gasteiger partial charge is 0.196 e. The van der Waals surface area contributed by atoms with Gasteiger partial charge in [0.25, 0.3) is 0 Å². The molecule has 0 aliphatic rings. The summed E-state index contributed by atoms with van der Waals surface area (Å²) in [5.74, 6) is 0.508. The van der Waals surface area contributed by atoms with Gasteiger partial charge in [0.15, 0.2) is 5.12 Å². The van der Waals surface area contributed by atoms with Gasteiger partial charge in [-0.3, -0.25) is 9.59 Å². The molecular weight excluding hydrogens is 148 g/mol. The number of carbonyl (C=O) groups excluding carboxylic acids is 2. The highest BCUT2D eigenvalue weighted by atomic mass is 32.2. The molecule has 0 aliphatic carbocycles. The molecule has 0 aromatic heterocycles. The van der Waals surface area contributed by atoms with Gasteiger partial charge in [-0.25, -0.2) is 0 Å². The summed E-state index contributed by atoms with van der Waals surface area (Å²) in [6, 6.07) is 0. The van der Waals surface area contributed by atoms with Crippen molar-refractivity contribution in [3.63, 3.8) is 0 Å². The van der Waals surface area contributed by atoms with Crippen LogP contribution in [0.15, 0.2) is 12.7 Å². The lowest BCUT2D eigenvalue weighted by molar-refractivity contribution is -0.121. The van der Waals surface area contributed by atoms with E-state index < -0.39 is 0 Å². The molecule has 0 saturated heterocycles. The van der Waals surface area contributed by atoms with E-state index in [-0.39, 0.29) is 17.3 Å². The topological polar surface area (TPSA) is 34.1 Å². The minimum Gasteiger partial charge on any atom is -0.300 e. The van der Waals surface area contributed by atoms with E-state index in [1.54, 1.807) is 6.08 Å². The maximum absolute atomic E-state index is 10.7. The van der Waals surface area contributed by atoms with Crippen molar-refractivity contribution in [1.29, 1.82) is 0 Å². The van der Waals surface area contributed by atoms with Crippen molar-refractivity contribution in [2.45, 2.75) is 13.3 Å². The van der Waals surface area contributed by atoms with Gasteiger partial charge in [-0.2, -0.15) is 0 Å². The molecule has 0 aromatic carbocycles. The highest BCUT2D eigenvalue weighted by molar-refractivity contribution is 8.13. The molecule has 0 bridgehead atoms. The van der Waals surface area contributed by atoms with Crippen LogP contribution >= 0.6 is 11.8 Å². The standard InChI is InChI=1S/C7H10O2S/c1-3-4-10-7(9)5-6(2)8/h3H,1,4-5H2,2H3. The molecule has 0 rings (SSSR count). The first-order valence-electron chi connectivity index (χ1n) is 2.92. The highest BCUT2D eigenvalue weighted by Gasteiger charge is 2.03. The van der Waals surface area contributed by atoms with Crippen molar-refractivity contribution >= 4 is 22.7 Å². The SMILES string of the molecule is C=CCSC(=O)CC(C)=O. The zero-order chi connectivity index (χ0) is 7.98. The van der Waals surface area contributed by atoms with Crippen LogP contribution in [0, 0.1) is 0 Å². The van der Waals surface area contributed by atoms with Gasteiger partial charge in [0, 0.05) is 5.75 Å². The number of Topliss-reactive ketones (excluding diaryl/α,β-unsaturated/α-hetero) is 1. The first-order chi connectivity index (χ1) is 4.66. The van der Waals surface area contributed by atoms with Gasteiger partial charge in [-0.05, 0) is 6.92 Å². The largest absolute Gasteiger partial charge is 0.300 e. The van der Waals surface area contributed by atoms with E-state index >= 15 is 0 Å². The molecule has 56 valence electrons. The minimum atomic E-state index is -0.0819. The maximum atomic E-state index is 10.7. The van der Waals surface area contributed by atoms with Gasteiger partial charge in [-0.1, -0.05) is 17.8 Å². The molecule has 0 atom stereocenters. The Morgan fingerprint density at radius 2 is 2.20 bits per heavy atom. The van der Waals surface area contributed by atoms with E-state index in [2.05, 4.69) is 6.58 Å². The third-order valence-electron chi connectivity index (χ3n) is 0.755. The Morgan fingerprint density at radius 1 is 1.60 bits per heavy atom. The summed E-state index contributed by atoms with van der Waals surface area (Å²) in [6.45, 7) is 4.86. The summed E-state index contributed by atoms with van der Waals surface area (Å²) in [6.07, 6.45) is 1.68. The molecule has 0 fully saturated rings. The Morgan fingerprint density at radius 3 is 2.60 bits per heavy atom. The molecule has 0 saturated carbocycles. The van der Waals surface area contributed by atoms with Gasteiger partial charge in [0.05, 0.1) is 6.42 Å². The van der Waals surface area contributed by atoms with Crippen LogP contribution in [0.3, 0.4) is 0 Å². The quantitative estimate of drug-likeness (QED) is 0.458. The summed E-state index contributed by atoms with van der Waals surface area (Å²) in [4.78, 5) is 21.1. The number of ketones is 1. The monoisotopic (exact) mass is 158 g/mol. The summed E-state index contributed by atoms with van der Waals surface area (Å²) < 4.78 is 0. The third kappa shape index (κ3) is 5.56. The average Bonchev–Trinajstić information content (AvgIpc) is 1.82. The van der Waals surface area contributed by atoms with Crippen LogP contribution < -0.4 is 0 Å². The third-order valence-corrected chi connectivity index (χ3v) is 1.62. The Hall–Kier alpha value is -0.570. The lowest BCUT2D eigenvalue weighted by Crippen LogP contribution is -1.99. The molecule has 0 aliphatic heterocycles. The van der Waals surface area contributed by atoms with Crippen LogP contribution in [0.4, 0.5) is 0 Å². The first kappa shape index (κ1) is 9.43. The normalized spacial score (nSPS) is 8.90. The Balaban J connectivity index is 3.43. The Bertz CT molecular complexity index is 152. The lowest BCUT2D eigenvalue weighted by atomic mass is 10.3. The van der Waals surface area contributed by atoms with Crippen LogP contribution in [-0.4, -0.2) is 16.7 Å². The van der Waals surface area contributed by atoms with E-state index in [9.17, 15) is 9.59 Å². The maximum Gasteiger partial charge on any atom is 0.196 e. The zero-order valence-corrected chi connectivity index (χ0v) is 6.74. The molecule has 0 unspecified atom stereocenters. The number of hydrogen-bond acceptors (Lipinski definition) is 3. The molecule has 2 nitrogen and oxygen atoms in total. The summed E-state index contributed by atoms with van der Waals surface area (Å²) >= 11 is 1.13. The lowest BCUT2D eigenvalue weighted by Gasteiger charge is -1.91. The number of thioether (sulfide) groups is 1. The van der Waals surface area contributed by atoms with Gasteiger partial charge in [0.1, 0.15) is 5.78 Å². The first-order valence-corrected chi connectivity index (χ1v) is 3.91. The Labute approximate surface area is 64.7 Å². The van der Waals surface area contributed by atoms with Crippen molar-refractivity contribution in [1.82, 2.24) is 0 Å². The number of rotatable bonds is 4. The van der Waals surface area contributed by atoms with E-state index in [0.717, 1.165) is 11.8 Å². The van der Waals surface area contributed by atoms with Gasteiger partial charge in [-0.15, -0.1) is 6.58 Å². The predicted molar refractivity (Wildman–Crippen MR) is 43.0 cm³/mol. The van der Waals surface area contributed by atoms with E-state index in [4.69, 9.17) is 0 Å². The van der Waals surface area contributed by atoms with Crippen LogP contribution in [0.5, 0.6) is 0 Å². The fourth-order valence-electron chi connectivity index (χ4n) is 0.406. The predicted octanol–water partition coefficient (Wildman–Crippen LogP) is 1.41. The molecule has 0 aromatic rings.